The van der Waals surface area contributed by atoms with Crippen LogP contribution in [0.1, 0.15) is 15.9 Å². The molecule has 1 N–H and O–H groups in total. The predicted molar refractivity (Wildman–Crippen MR) is 84.4 cm³/mol. The largest absolute Gasteiger partial charge is 0.495 e. The van der Waals surface area contributed by atoms with Gasteiger partial charge in [0.1, 0.15) is 16.0 Å². The molecule has 0 aliphatic rings. The molecule has 2 aromatic rings. The predicted octanol–water partition coefficient (Wildman–Crippen LogP) is 4.14. The third kappa shape index (κ3) is 2.88. The van der Waals surface area contributed by atoms with E-state index in [4.69, 9.17) is 9.47 Å². The Balaban J connectivity index is 2.64. The van der Waals surface area contributed by atoms with E-state index in [1.165, 1.54) is 0 Å². The molecule has 0 amide bonds. The fourth-order valence-electron chi connectivity index (χ4n) is 2.14. The molecular weight excluding hydrogens is 336 g/mol. The Morgan fingerprint density at radius 3 is 2.43 bits per heavy atom. The van der Waals surface area contributed by atoms with Gasteiger partial charge in [0, 0.05) is 5.56 Å². The molecule has 0 aromatic heterocycles. The molecule has 5 heteroatoms. The third-order valence-corrected chi connectivity index (χ3v) is 4.02. The molecule has 0 fully saturated rings. The fourth-order valence-corrected chi connectivity index (χ4v) is 2.81. The van der Waals surface area contributed by atoms with Gasteiger partial charge >= 0.3 is 5.97 Å². The van der Waals surface area contributed by atoms with Crippen LogP contribution in [-0.2, 0) is 0 Å². The first-order chi connectivity index (χ1) is 9.99. The van der Waals surface area contributed by atoms with Crippen LogP contribution in [-0.4, -0.2) is 25.3 Å². The van der Waals surface area contributed by atoms with Gasteiger partial charge in [-0.05, 0) is 52.2 Å². The molecule has 0 radical (unpaired) electrons. The van der Waals surface area contributed by atoms with Crippen LogP contribution >= 0.6 is 15.9 Å². The zero-order valence-electron chi connectivity index (χ0n) is 11.9. The standard InChI is InChI=1S/C16H15BrO4/c1-9-4-5-10(8-12(9)16(18)19)11-6-7-13(20-2)14(17)15(11)21-3/h4-8H,1-3H3,(H,18,19). The number of rotatable bonds is 4. The Morgan fingerprint density at radius 2 is 1.86 bits per heavy atom. The number of methoxy groups -OCH3 is 2. The minimum absolute atomic E-state index is 0.279. The molecule has 0 atom stereocenters. The number of carbonyl (C=O) groups is 1. The van der Waals surface area contributed by atoms with Gasteiger partial charge in [0.2, 0.25) is 0 Å². The van der Waals surface area contributed by atoms with E-state index in [-0.39, 0.29) is 5.56 Å². The maximum Gasteiger partial charge on any atom is 0.335 e. The molecule has 0 unspecified atom stereocenters. The molecule has 0 bridgehead atoms. The lowest BCUT2D eigenvalue weighted by atomic mass is 9.99. The van der Waals surface area contributed by atoms with E-state index in [1.807, 2.05) is 18.2 Å². The van der Waals surface area contributed by atoms with E-state index in [9.17, 15) is 9.90 Å². The number of hydrogen-bond acceptors (Lipinski definition) is 3. The molecule has 0 heterocycles. The van der Waals surface area contributed by atoms with Crippen LogP contribution in [0, 0.1) is 6.92 Å². The topological polar surface area (TPSA) is 55.8 Å². The van der Waals surface area contributed by atoms with Crippen molar-refractivity contribution < 1.29 is 19.4 Å². The van der Waals surface area contributed by atoms with Crippen LogP contribution in [0.5, 0.6) is 11.5 Å². The first kappa shape index (κ1) is 15.4. The summed E-state index contributed by atoms with van der Waals surface area (Å²) in [7, 11) is 3.14. The summed E-state index contributed by atoms with van der Waals surface area (Å²) >= 11 is 3.45. The third-order valence-electron chi connectivity index (χ3n) is 3.26. The highest BCUT2D eigenvalue weighted by atomic mass is 79.9. The van der Waals surface area contributed by atoms with Gasteiger partial charge in [-0.1, -0.05) is 12.1 Å². The molecule has 21 heavy (non-hydrogen) atoms. The monoisotopic (exact) mass is 350 g/mol. The normalized spacial score (nSPS) is 10.3. The molecule has 0 aliphatic heterocycles. The number of ether oxygens (including phenoxy) is 2. The van der Waals surface area contributed by atoms with Gasteiger partial charge in [-0.3, -0.25) is 0 Å². The van der Waals surface area contributed by atoms with Crippen LogP contribution < -0.4 is 9.47 Å². The SMILES string of the molecule is COc1ccc(-c2ccc(C)c(C(=O)O)c2)c(OC)c1Br. The van der Waals surface area contributed by atoms with E-state index < -0.39 is 5.97 Å². The summed E-state index contributed by atoms with van der Waals surface area (Å²) in [6.45, 7) is 1.77. The molecule has 0 aliphatic carbocycles. The van der Waals surface area contributed by atoms with Gasteiger partial charge in [-0.2, -0.15) is 0 Å². The van der Waals surface area contributed by atoms with Crippen molar-refractivity contribution >= 4 is 21.9 Å². The maximum atomic E-state index is 11.3. The molecule has 0 saturated heterocycles. The van der Waals surface area contributed by atoms with Gasteiger partial charge < -0.3 is 14.6 Å². The van der Waals surface area contributed by atoms with E-state index in [1.54, 1.807) is 33.3 Å². The average Bonchev–Trinajstić information content (AvgIpc) is 2.47. The van der Waals surface area contributed by atoms with Crippen LogP contribution in [0.2, 0.25) is 0 Å². The Hall–Kier alpha value is -2.01. The smallest absolute Gasteiger partial charge is 0.335 e. The minimum atomic E-state index is -0.944. The lowest BCUT2D eigenvalue weighted by molar-refractivity contribution is 0.0696. The van der Waals surface area contributed by atoms with E-state index in [2.05, 4.69) is 15.9 Å². The van der Waals surface area contributed by atoms with Gasteiger partial charge in [-0.15, -0.1) is 0 Å². The number of aryl methyl sites for hydroxylation is 1. The number of carboxylic acids is 1. The number of benzene rings is 2. The second kappa shape index (κ2) is 6.18. The number of aromatic carboxylic acids is 1. The second-order valence-electron chi connectivity index (χ2n) is 4.50. The van der Waals surface area contributed by atoms with Crippen molar-refractivity contribution in [3.05, 3.63) is 45.9 Å². The summed E-state index contributed by atoms with van der Waals surface area (Å²) < 4.78 is 11.4. The van der Waals surface area contributed by atoms with E-state index >= 15 is 0 Å². The summed E-state index contributed by atoms with van der Waals surface area (Å²) in [5, 5.41) is 9.24. The zero-order chi connectivity index (χ0) is 15.6. The van der Waals surface area contributed by atoms with Crippen molar-refractivity contribution in [3.8, 4) is 22.6 Å². The van der Waals surface area contributed by atoms with Gasteiger partial charge in [0.15, 0.2) is 0 Å². The Bertz CT molecular complexity index is 695. The Labute approximate surface area is 131 Å². The quantitative estimate of drug-likeness (QED) is 0.900. The fraction of sp³-hybridized carbons (Fsp3) is 0.188. The van der Waals surface area contributed by atoms with Crippen LogP contribution in [0.4, 0.5) is 0 Å². The summed E-state index contributed by atoms with van der Waals surface area (Å²) in [6.07, 6.45) is 0. The first-order valence-corrected chi connectivity index (χ1v) is 7.03. The van der Waals surface area contributed by atoms with Crippen molar-refractivity contribution in [2.75, 3.05) is 14.2 Å². The maximum absolute atomic E-state index is 11.3. The van der Waals surface area contributed by atoms with Gasteiger partial charge in [0.25, 0.3) is 0 Å². The number of halogens is 1. The van der Waals surface area contributed by atoms with Gasteiger partial charge in [0.05, 0.1) is 19.8 Å². The molecule has 4 nitrogen and oxygen atoms in total. The molecule has 2 aromatic carbocycles. The van der Waals surface area contributed by atoms with Crippen LogP contribution in [0.25, 0.3) is 11.1 Å². The molecule has 2 rings (SSSR count). The van der Waals surface area contributed by atoms with E-state index in [0.29, 0.717) is 16.0 Å². The van der Waals surface area contributed by atoms with Crippen molar-refractivity contribution in [1.82, 2.24) is 0 Å². The Morgan fingerprint density at radius 1 is 1.14 bits per heavy atom. The lowest BCUT2D eigenvalue weighted by Gasteiger charge is -2.14. The average molecular weight is 351 g/mol. The summed E-state index contributed by atoms with van der Waals surface area (Å²) in [6, 6.07) is 8.96. The number of carboxylic acid groups (broad SMARTS) is 1. The second-order valence-corrected chi connectivity index (χ2v) is 5.29. The van der Waals surface area contributed by atoms with Crippen molar-refractivity contribution in [2.24, 2.45) is 0 Å². The molecule has 0 saturated carbocycles. The van der Waals surface area contributed by atoms with Crippen molar-refractivity contribution in [3.63, 3.8) is 0 Å². The molecular formula is C16H15BrO4. The minimum Gasteiger partial charge on any atom is -0.495 e. The summed E-state index contributed by atoms with van der Waals surface area (Å²) in [4.78, 5) is 11.3. The lowest BCUT2D eigenvalue weighted by Crippen LogP contribution is -2.00. The van der Waals surface area contributed by atoms with Gasteiger partial charge in [-0.25, -0.2) is 4.79 Å². The first-order valence-electron chi connectivity index (χ1n) is 6.24. The highest BCUT2D eigenvalue weighted by Gasteiger charge is 2.16. The van der Waals surface area contributed by atoms with Crippen molar-refractivity contribution in [1.29, 1.82) is 0 Å². The highest BCUT2D eigenvalue weighted by Crippen LogP contribution is 2.42. The van der Waals surface area contributed by atoms with Crippen LogP contribution in [0.3, 0.4) is 0 Å². The van der Waals surface area contributed by atoms with E-state index in [0.717, 1.165) is 16.7 Å². The molecule has 110 valence electrons. The zero-order valence-corrected chi connectivity index (χ0v) is 13.5. The molecule has 0 spiro atoms. The summed E-state index contributed by atoms with van der Waals surface area (Å²) in [5.74, 6) is 0.316. The number of hydrogen-bond donors (Lipinski definition) is 1. The van der Waals surface area contributed by atoms with Crippen molar-refractivity contribution in [2.45, 2.75) is 6.92 Å². The Kier molecular flexibility index (Phi) is 4.53. The van der Waals surface area contributed by atoms with Crippen LogP contribution in [0.15, 0.2) is 34.8 Å². The summed E-state index contributed by atoms with van der Waals surface area (Å²) in [5.41, 5.74) is 2.57. The highest BCUT2D eigenvalue weighted by molar-refractivity contribution is 9.10.